The zero-order chi connectivity index (χ0) is 23.5. The van der Waals surface area contributed by atoms with Crippen molar-refractivity contribution in [2.75, 3.05) is 3.71 Å². The van der Waals surface area contributed by atoms with Gasteiger partial charge in [-0.25, -0.2) is 16.8 Å². The van der Waals surface area contributed by atoms with Gasteiger partial charge in [-0.05, 0) is 68.7 Å². The maximum atomic E-state index is 13.6. The van der Waals surface area contributed by atoms with Gasteiger partial charge in [0.25, 0.3) is 20.0 Å². The Balaban J connectivity index is 2.20. The molecule has 0 N–H and O–H groups in total. The third kappa shape index (κ3) is 4.79. The smallest absolute Gasteiger partial charge is 0.200 e. The van der Waals surface area contributed by atoms with Gasteiger partial charge in [0.15, 0.2) is 0 Å². The van der Waals surface area contributed by atoms with E-state index < -0.39 is 20.0 Å². The van der Waals surface area contributed by atoms with E-state index in [2.05, 4.69) is 0 Å². The average molecular weight is 470 g/mol. The minimum atomic E-state index is -4.40. The predicted octanol–water partition coefficient (Wildman–Crippen LogP) is 5.57. The van der Waals surface area contributed by atoms with Crippen molar-refractivity contribution in [3.05, 3.63) is 102 Å². The second-order valence-electron chi connectivity index (χ2n) is 7.74. The molecule has 5 nitrogen and oxygen atoms in total. The van der Waals surface area contributed by atoms with Crippen LogP contribution >= 0.6 is 0 Å². The molecule has 0 amide bonds. The van der Waals surface area contributed by atoms with E-state index in [0.29, 0.717) is 3.71 Å². The molecule has 0 spiro atoms. The summed E-state index contributed by atoms with van der Waals surface area (Å²) in [7, 11) is -8.80. The summed E-state index contributed by atoms with van der Waals surface area (Å²) in [5.74, 6) is 0.116. The third-order valence-electron chi connectivity index (χ3n) is 5.19. The van der Waals surface area contributed by atoms with Gasteiger partial charge in [-0.1, -0.05) is 66.6 Å². The Morgan fingerprint density at radius 2 is 1.09 bits per heavy atom. The molecule has 32 heavy (non-hydrogen) atoms. The van der Waals surface area contributed by atoms with Crippen molar-refractivity contribution >= 4 is 25.7 Å². The van der Waals surface area contributed by atoms with Crippen LogP contribution in [0.2, 0.25) is 0 Å². The minimum Gasteiger partial charge on any atom is -0.200 e. The SMILES string of the molecule is C/C=C/C(C)c1ccc(N(S(=O)(=O)c2ccc(C)cc2)S(=O)(=O)c2ccc(C)cc2)cc1. The lowest BCUT2D eigenvalue weighted by atomic mass is 10.0. The average Bonchev–Trinajstić information content (AvgIpc) is 2.75. The number of hydrogen-bond donors (Lipinski definition) is 0. The van der Waals surface area contributed by atoms with Crippen molar-refractivity contribution < 1.29 is 16.8 Å². The van der Waals surface area contributed by atoms with Gasteiger partial charge in [0.05, 0.1) is 15.5 Å². The number of allylic oxidation sites excluding steroid dienone is 2. The van der Waals surface area contributed by atoms with Crippen LogP contribution in [0.15, 0.2) is 94.7 Å². The highest BCUT2D eigenvalue weighted by Crippen LogP contribution is 2.32. The van der Waals surface area contributed by atoms with E-state index in [1.165, 1.54) is 36.4 Å². The fraction of sp³-hybridized carbons (Fsp3) is 0.200. The minimum absolute atomic E-state index is 0.0579. The van der Waals surface area contributed by atoms with Crippen LogP contribution in [0.25, 0.3) is 0 Å². The van der Waals surface area contributed by atoms with Gasteiger partial charge >= 0.3 is 0 Å². The zero-order valence-electron chi connectivity index (χ0n) is 18.6. The van der Waals surface area contributed by atoms with Gasteiger partial charge in [0.1, 0.15) is 0 Å². The molecule has 0 heterocycles. The predicted molar refractivity (Wildman–Crippen MR) is 129 cm³/mol. The summed E-state index contributed by atoms with van der Waals surface area (Å²) >= 11 is 0. The molecular formula is C25H27NO4S2. The molecule has 0 radical (unpaired) electrons. The summed E-state index contributed by atoms with van der Waals surface area (Å²) in [5.41, 5.74) is 2.76. The number of hydrogen-bond acceptors (Lipinski definition) is 4. The summed E-state index contributed by atoms with van der Waals surface area (Å²) in [5, 5.41) is 0. The normalized spacial score (nSPS) is 13.2. The highest BCUT2D eigenvalue weighted by Gasteiger charge is 2.37. The molecule has 0 aliphatic carbocycles. The lowest BCUT2D eigenvalue weighted by Crippen LogP contribution is -2.37. The van der Waals surface area contributed by atoms with E-state index in [1.807, 2.05) is 39.8 Å². The summed E-state index contributed by atoms with van der Waals surface area (Å²) in [4.78, 5) is -0.185. The molecule has 0 aliphatic rings. The van der Waals surface area contributed by atoms with Crippen molar-refractivity contribution in [1.29, 1.82) is 0 Å². The highest BCUT2D eigenvalue weighted by atomic mass is 32.3. The number of benzene rings is 3. The molecule has 3 aromatic carbocycles. The monoisotopic (exact) mass is 469 g/mol. The molecule has 0 aromatic heterocycles. The first-order chi connectivity index (χ1) is 15.1. The van der Waals surface area contributed by atoms with Crippen molar-refractivity contribution in [2.24, 2.45) is 0 Å². The highest BCUT2D eigenvalue weighted by molar-refractivity contribution is 8.10. The summed E-state index contributed by atoms with van der Waals surface area (Å²) in [6.45, 7) is 7.61. The second-order valence-corrected chi connectivity index (χ2v) is 11.5. The molecular weight excluding hydrogens is 442 g/mol. The maximum absolute atomic E-state index is 13.6. The van der Waals surface area contributed by atoms with E-state index in [0.717, 1.165) is 16.7 Å². The quantitative estimate of drug-likeness (QED) is 0.424. The fourth-order valence-electron chi connectivity index (χ4n) is 3.32. The standard InChI is InChI=1S/C25H27NO4S2/c1-5-6-21(4)22-11-13-23(14-12-22)26(31(27,28)24-15-7-19(2)8-16-24)32(29,30)25-17-9-20(3)10-18-25/h5-18,21H,1-4H3/b6-5+. The second kappa shape index (κ2) is 9.30. The Morgan fingerprint density at radius 3 is 1.47 bits per heavy atom. The molecule has 3 aromatic rings. The van der Waals surface area contributed by atoms with E-state index in [9.17, 15) is 16.8 Å². The summed E-state index contributed by atoms with van der Waals surface area (Å²) in [6, 6.07) is 18.8. The Kier molecular flexibility index (Phi) is 6.91. The first-order valence-electron chi connectivity index (χ1n) is 10.2. The molecule has 168 valence electrons. The Bertz CT molecular complexity index is 1230. The third-order valence-corrected chi connectivity index (χ3v) is 9.39. The van der Waals surface area contributed by atoms with Gasteiger partial charge in [-0.15, -0.1) is 0 Å². The lowest BCUT2D eigenvalue weighted by Gasteiger charge is -2.24. The summed E-state index contributed by atoms with van der Waals surface area (Å²) in [6.07, 6.45) is 3.95. The molecule has 0 bridgehead atoms. The molecule has 3 rings (SSSR count). The van der Waals surface area contributed by atoms with Crippen LogP contribution in [-0.4, -0.2) is 16.8 Å². The van der Waals surface area contributed by atoms with Crippen molar-refractivity contribution in [1.82, 2.24) is 0 Å². The van der Waals surface area contributed by atoms with E-state index in [-0.39, 0.29) is 21.4 Å². The van der Waals surface area contributed by atoms with Crippen LogP contribution in [0, 0.1) is 13.8 Å². The Morgan fingerprint density at radius 1 is 0.688 bits per heavy atom. The van der Waals surface area contributed by atoms with Gasteiger partial charge < -0.3 is 0 Å². The largest absolute Gasteiger partial charge is 0.277 e. The summed E-state index contributed by atoms with van der Waals surface area (Å²) < 4.78 is 54.9. The fourth-order valence-corrected chi connectivity index (χ4v) is 7.01. The van der Waals surface area contributed by atoms with Crippen LogP contribution in [0.4, 0.5) is 5.69 Å². The van der Waals surface area contributed by atoms with Crippen LogP contribution in [0.5, 0.6) is 0 Å². The van der Waals surface area contributed by atoms with Crippen molar-refractivity contribution in [3.63, 3.8) is 0 Å². The van der Waals surface area contributed by atoms with Gasteiger partial charge in [-0.3, -0.25) is 0 Å². The first-order valence-corrected chi connectivity index (χ1v) is 13.1. The molecule has 0 saturated carbocycles. The molecule has 0 saturated heterocycles. The van der Waals surface area contributed by atoms with Crippen molar-refractivity contribution in [2.45, 2.75) is 43.4 Å². The molecule has 1 unspecified atom stereocenters. The van der Waals surface area contributed by atoms with Crippen LogP contribution in [0.3, 0.4) is 0 Å². The molecule has 7 heteroatoms. The van der Waals surface area contributed by atoms with Crippen LogP contribution in [-0.2, 0) is 20.0 Å². The maximum Gasteiger partial charge on any atom is 0.277 e. The van der Waals surface area contributed by atoms with Crippen LogP contribution in [0.1, 0.15) is 36.5 Å². The van der Waals surface area contributed by atoms with Gasteiger partial charge in [-0.2, -0.15) is 3.71 Å². The van der Waals surface area contributed by atoms with Crippen molar-refractivity contribution in [3.8, 4) is 0 Å². The number of nitrogens with zero attached hydrogens (tertiary/aromatic N) is 1. The van der Waals surface area contributed by atoms with Crippen LogP contribution < -0.4 is 3.71 Å². The lowest BCUT2D eigenvalue weighted by molar-refractivity contribution is 0.584. The topological polar surface area (TPSA) is 71.5 Å². The first kappa shape index (κ1) is 23.8. The van der Waals surface area contributed by atoms with Gasteiger partial charge in [0.2, 0.25) is 0 Å². The Labute approximate surface area is 191 Å². The number of sulfonamides is 2. The van der Waals surface area contributed by atoms with E-state index in [4.69, 9.17) is 0 Å². The molecule has 0 fully saturated rings. The Hall–Kier alpha value is -2.90. The number of anilines is 1. The molecule has 0 aliphatic heterocycles. The van der Waals surface area contributed by atoms with E-state index in [1.54, 1.807) is 36.4 Å². The van der Waals surface area contributed by atoms with Gasteiger partial charge in [0, 0.05) is 0 Å². The zero-order valence-corrected chi connectivity index (χ0v) is 20.2. The number of rotatable bonds is 7. The van der Waals surface area contributed by atoms with E-state index >= 15 is 0 Å². The molecule has 1 atom stereocenters. The number of aryl methyl sites for hydroxylation is 2.